The number of fused-ring (bicyclic) bond motifs is 1. The van der Waals surface area contributed by atoms with E-state index in [1.54, 1.807) is 36.9 Å². The van der Waals surface area contributed by atoms with Gasteiger partial charge in [-0.05, 0) is 37.3 Å². The monoisotopic (exact) mass is 433 g/mol. The number of aromatic nitrogens is 2. The van der Waals surface area contributed by atoms with Gasteiger partial charge < -0.3 is 14.6 Å². The Kier molecular flexibility index (Phi) is 5.53. The van der Waals surface area contributed by atoms with Gasteiger partial charge in [-0.2, -0.15) is 0 Å². The van der Waals surface area contributed by atoms with Crippen LogP contribution < -0.4 is 10.1 Å². The fourth-order valence-electron chi connectivity index (χ4n) is 2.83. The van der Waals surface area contributed by atoms with Gasteiger partial charge in [-0.3, -0.25) is 4.79 Å². The summed E-state index contributed by atoms with van der Waals surface area (Å²) in [6, 6.07) is 12.5. The first-order chi connectivity index (χ1) is 13.5. The number of thioether (sulfide) groups is 1. The Bertz CT molecular complexity index is 999. The molecule has 0 fully saturated rings. The number of amides is 1. The standard InChI is InChI=1S/C20H17Cl2N3O2S/c1-12(27-18-7-4-14(21)10-16(18)22)19(26)23-15-5-2-13(3-6-15)17-11-25-8-9-28-20(25)24-17/h2-7,10-12H,8-9H2,1H3,(H,23,26)/t12-/m1/s1. The van der Waals surface area contributed by atoms with Crippen LogP contribution in [0, 0.1) is 0 Å². The second-order valence-corrected chi connectivity index (χ2v) is 8.26. The van der Waals surface area contributed by atoms with Gasteiger partial charge >= 0.3 is 0 Å². The minimum Gasteiger partial charge on any atom is -0.479 e. The number of hydrogen-bond acceptors (Lipinski definition) is 4. The Labute approximate surface area is 177 Å². The van der Waals surface area contributed by atoms with Gasteiger partial charge in [0, 0.05) is 34.8 Å². The lowest BCUT2D eigenvalue weighted by atomic mass is 10.1. The normalized spacial score (nSPS) is 13.8. The van der Waals surface area contributed by atoms with Gasteiger partial charge in [0.1, 0.15) is 5.75 Å². The van der Waals surface area contributed by atoms with Crippen LogP contribution in [0.1, 0.15) is 6.92 Å². The molecule has 1 amide bonds. The number of carbonyl (C=O) groups is 1. The fourth-order valence-corrected chi connectivity index (χ4v) is 4.23. The first kappa shape index (κ1) is 19.2. The lowest BCUT2D eigenvalue weighted by Gasteiger charge is -2.16. The molecular formula is C20H17Cl2N3O2S. The predicted octanol–water partition coefficient (Wildman–Crippen LogP) is 5.37. The van der Waals surface area contributed by atoms with Crippen LogP contribution in [0.3, 0.4) is 0 Å². The fraction of sp³-hybridized carbons (Fsp3) is 0.200. The molecule has 1 aromatic heterocycles. The summed E-state index contributed by atoms with van der Waals surface area (Å²) in [6.45, 7) is 2.66. The molecule has 28 heavy (non-hydrogen) atoms. The molecule has 2 aromatic carbocycles. The molecule has 0 aliphatic carbocycles. The van der Waals surface area contributed by atoms with Gasteiger partial charge in [0.15, 0.2) is 11.3 Å². The van der Waals surface area contributed by atoms with Crippen molar-refractivity contribution in [3.05, 3.63) is 58.7 Å². The second kappa shape index (κ2) is 8.07. The number of aryl methyl sites for hydroxylation is 1. The van der Waals surface area contributed by atoms with Crippen molar-refractivity contribution in [2.75, 3.05) is 11.1 Å². The zero-order valence-corrected chi connectivity index (χ0v) is 17.3. The summed E-state index contributed by atoms with van der Waals surface area (Å²) in [4.78, 5) is 17.1. The van der Waals surface area contributed by atoms with Crippen molar-refractivity contribution in [2.24, 2.45) is 0 Å². The highest BCUT2D eigenvalue weighted by Crippen LogP contribution is 2.30. The van der Waals surface area contributed by atoms with E-state index in [-0.39, 0.29) is 5.91 Å². The number of imidazole rings is 1. The highest BCUT2D eigenvalue weighted by molar-refractivity contribution is 7.99. The molecule has 1 aliphatic heterocycles. The van der Waals surface area contributed by atoms with Crippen molar-refractivity contribution < 1.29 is 9.53 Å². The number of anilines is 1. The number of benzene rings is 2. The summed E-state index contributed by atoms with van der Waals surface area (Å²) >= 11 is 13.7. The maximum atomic E-state index is 12.4. The topological polar surface area (TPSA) is 56.1 Å². The summed E-state index contributed by atoms with van der Waals surface area (Å²) in [5, 5.41) is 4.78. The number of hydrogen-bond donors (Lipinski definition) is 1. The molecule has 1 N–H and O–H groups in total. The number of nitrogens with one attached hydrogen (secondary N) is 1. The molecule has 0 saturated carbocycles. The molecule has 144 valence electrons. The third kappa shape index (κ3) is 4.14. The molecule has 0 radical (unpaired) electrons. The molecule has 0 saturated heterocycles. The largest absolute Gasteiger partial charge is 0.479 e. The van der Waals surface area contributed by atoms with Crippen molar-refractivity contribution in [1.29, 1.82) is 0 Å². The molecule has 4 rings (SSSR count). The molecule has 1 atom stereocenters. The lowest BCUT2D eigenvalue weighted by Crippen LogP contribution is -2.30. The van der Waals surface area contributed by atoms with Gasteiger partial charge in [0.05, 0.1) is 10.7 Å². The summed E-state index contributed by atoms with van der Waals surface area (Å²) in [5.74, 6) is 1.22. The van der Waals surface area contributed by atoms with Crippen LogP contribution in [0.2, 0.25) is 10.0 Å². The predicted molar refractivity (Wildman–Crippen MR) is 114 cm³/mol. The molecule has 1 aliphatic rings. The maximum absolute atomic E-state index is 12.4. The van der Waals surface area contributed by atoms with Gasteiger partial charge in [-0.1, -0.05) is 47.1 Å². The van der Waals surface area contributed by atoms with Gasteiger partial charge in [0.2, 0.25) is 0 Å². The highest BCUT2D eigenvalue weighted by atomic mass is 35.5. The number of ether oxygens (including phenoxy) is 1. The van der Waals surface area contributed by atoms with Crippen LogP contribution >= 0.6 is 35.0 Å². The smallest absolute Gasteiger partial charge is 0.265 e. The van der Waals surface area contributed by atoms with Crippen molar-refractivity contribution >= 4 is 46.6 Å². The van der Waals surface area contributed by atoms with E-state index in [9.17, 15) is 4.79 Å². The first-order valence-electron chi connectivity index (χ1n) is 8.72. The van der Waals surface area contributed by atoms with Crippen LogP contribution in [-0.4, -0.2) is 27.3 Å². The molecule has 5 nitrogen and oxygen atoms in total. The van der Waals surface area contributed by atoms with E-state index in [0.29, 0.717) is 21.5 Å². The van der Waals surface area contributed by atoms with Crippen molar-refractivity contribution in [3.8, 4) is 17.0 Å². The number of halogens is 2. The summed E-state index contributed by atoms with van der Waals surface area (Å²) in [5.41, 5.74) is 2.64. The van der Waals surface area contributed by atoms with Gasteiger partial charge in [-0.25, -0.2) is 4.98 Å². The molecule has 0 spiro atoms. The third-order valence-corrected chi connectivity index (χ3v) is 5.82. The average Bonchev–Trinajstić information content (AvgIpc) is 3.26. The van der Waals surface area contributed by atoms with E-state index < -0.39 is 6.10 Å². The lowest BCUT2D eigenvalue weighted by molar-refractivity contribution is -0.122. The van der Waals surface area contributed by atoms with E-state index in [0.717, 1.165) is 28.7 Å². The zero-order chi connectivity index (χ0) is 19.7. The van der Waals surface area contributed by atoms with E-state index in [1.807, 2.05) is 24.3 Å². The molecule has 2 heterocycles. The number of nitrogens with zero attached hydrogens (tertiary/aromatic N) is 2. The minimum absolute atomic E-state index is 0.267. The van der Waals surface area contributed by atoms with Crippen LogP contribution in [0.15, 0.2) is 53.8 Å². The third-order valence-electron chi connectivity index (χ3n) is 4.32. The Balaban J connectivity index is 1.39. The minimum atomic E-state index is -0.716. The van der Waals surface area contributed by atoms with Crippen LogP contribution in [0.25, 0.3) is 11.3 Å². The van der Waals surface area contributed by atoms with E-state index in [1.165, 1.54) is 0 Å². The number of carbonyl (C=O) groups excluding carboxylic acids is 1. The van der Waals surface area contributed by atoms with Crippen molar-refractivity contribution in [3.63, 3.8) is 0 Å². The zero-order valence-electron chi connectivity index (χ0n) is 15.0. The quantitative estimate of drug-likeness (QED) is 0.587. The van der Waals surface area contributed by atoms with Crippen LogP contribution in [-0.2, 0) is 11.3 Å². The highest BCUT2D eigenvalue weighted by Gasteiger charge is 2.18. The Morgan fingerprint density at radius 2 is 2.04 bits per heavy atom. The van der Waals surface area contributed by atoms with Crippen LogP contribution in [0.4, 0.5) is 5.69 Å². The molecule has 8 heteroatoms. The molecular weight excluding hydrogens is 417 g/mol. The van der Waals surface area contributed by atoms with E-state index in [2.05, 4.69) is 21.1 Å². The van der Waals surface area contributed by atoms with E-state index >= 15 is 0 Å². The van der Waals surface area contributed by atoms with Gasteiger partial charge in [0.25, 0.3) is 5.91 Å². The molecule has 0 unspecified atom stereocenters. The Morgan fingerprint density at radius 3 is 2.75 bits per heavy atom. The molecule has 0 bridgehead atoms. The maximum Gasteiger partial charge on any atom is 0.265 e. The van der Waals surface area contributed by atoms with Crippen LogP contribution in [0.5, 0.6) is 5.75 Å². The van der Waals surface area contributed by atoms with E-state index in [4.69, 9.17) is 27.9 Å². The molecule has 3 aromatic rings. The summed E-state index contributed by atoms with van der Waals surface area (Å²) in [6.07, 6.45) is 1.35. The second-order valence-electron chi connectivity index (χ2n) is 6.35. The van der Waals surface area contributed by atoms with Crippen molar-refractivity contribution in [1.82, 2.24) is 9.55 Å². The Hall–Kier alpha value is -2.15. The Morgan fingerprint density at radius 1 is 1.25 bits per heavy atom. The average molecular weight is 434 g/mol. The SMILES string of the molecule is C[C@@H](Oc1ccc(Cl)cc1Cl)C(=O)Nc1ccc(-c2cn3c(n2)SCC3)cc1. The van der Waals surface area contributed by atoms with Crippen molar-refractivity contribution in [2.45, 2.75) is 24.7 Å². The number of rotatable bonds is 5. The summed E-state index contributed by atoms with van der Waals surface area (Å²) < 4.78 is 7.81. The first-order valence-corrected chi connectivity index (χ1v) is 10.5. The van der Waals surface area contributed by atoms with Gasteiger partial charge in [-0.15, -0.1) is 0 Å². The summed E-state index contributed by atoms with van der Waals surface area (Å²) in [7, 11) is 0.